The summed E-state index contributed by atoms with van der Waals surface area (Å²) in [7, 11) is 0. The molecule has 0 bridgehead atoms. The van der Waals surface area contributed by atoms with E-state index in [0.717, 1.165) is 5.56 Å². The molecule has 7 nitrogen and oxygen atoms in total. The molecule has 8 heteroatoms. The highest BCUT2D eigenvalue weighted by Crippen LogP contribution is 2.35. The van der Waals surface area contributed by atoms with Crippen molar-refractivity contribution in [1.82, 2.24) is 10.8 Å². The highest BCUT2D eigenvalue weighted by Gasteiger charge is 2.18. The van der Waals surface area contributed by atoms with Gasteiger partial charge in [0.1, 0.15) is 5.82 Å². The molecule has 0 atom stereocenters. The van der Waals surface area contributed by atoms with Crippen LogP contribution in [0, 0.1) is 5.82 Å². The van der Waals surface area contributed by atoms with Crippen molar-refractivity contribution in [1.29, 1.82) is 0 Å². The Bertz CT molecular complexity index is 1170. The van der Waals surface area contributed by atoms with Crippen LogP contribution in [-0.4, -0.2) is 23.8 Å². The predicted molar refractivity (Wildman–Crippen MR) is 114 cm³/mol. The summed E-state index contributed by atoms with van der Waals surface area (Å²) in [6.07, 6.45) is 1.67. The molecule has 2 amide bonds. The summed E-state index contributed by atoms with van der Waals surface area (Å²) < 4.78 is 24.1. The van der Waals surface area contributed by atoms with E-state index >= 15 is 0 Å². The minimum absolute atomic E-state index is 0.117. The summed E-state index contributed by atoms with van der Waals surface area (Å²) in [6.45, 7) is 0.331. The zero-order valence-electron chi connectivity index (χ0n) is 16.8. The molecule has 3 N–H and O–H groups in total. The number of nitrogens with one attached hydrogen (secondary N) is 2. The average molecular weight is 434 g/mol. The van der Waals surface area contributed by atoms with E-state index in [1.807, 2.05) is 0 Å². The first-order chi connectivity index (χ1) is 15.5. The zero-order valence-corrected chi connectivity index (χ0v) is 16.8. The van der Waals surface area contributed by atoms with Gasteiger partial charge in [-0.2, -0.15) is 0 Å². The van der Waals surface area contributed by atoms with Gasteiger partial charge >= 0.3 is 0 Å². The molecule has 32 heavy (non-hydrogen) atoms. The quantitative estimate of drug-likeness (QED) is 0.239. The number of rotatable bonds is 6. The Morgan fingerprint density at radius 2 is 1.62 bits per heavy atom. The van der Waals surface area contributed by atoms with Crippen LogP contribution >= 0.6 is 0 Å². The molecule has 3 aromatic rings. The van der Waals surface area contributed by atoms with Gasteiger partial charge in [-0.05, 0) is 59.2 Å². The normalized spacial score (nSPS) is 12.4. The number of carbonyl (C=O) groups excluding carboxylic acids is 2. The molecule has 0 aliphatic carbocycles. The molecule has 0 saturated carbocycles. The van der Waals surface area contributed by atoms with Gasteiger partial charge in [-0.1, -0.05) is 30.3 Å². The summed E-state index contributed by atoms with van der Waals surface area (Å²) in [5.74, 6) is -0.187. The van der Waals surface area contributed by atoms with Crippen LogP contribution in [0.4, 0.5) is 4.39 Å². The number of hydrogen-bond acceptors (Lipinski definition) is 5. The third-order valence-electron chi connectivity index (χ3n) is 4.88. The molecule has 0 spiro atoms. The Hall–Kier alpha value is -4.17. The third kappa shape index (κ3) is 4.76. The number of hydroxylamine groups is 1. The second-order valence-electron chi connectivity index (χ2n) is 7.00. The Kier molecular flexibility index (Phi) is 6.14. The molecular formula is C24H19FN2O5. The van der Waals surface area contributed by atoms with Crippen molar-refractivity contribution >= 4 is 23.5 Å². The van der Waals surface area contributed by atoms with Crippen LogP contribution in [0.1, 0.15) is 27.0 Å². The fourth-order valence-corrected chi connectivity index (χ4v) is 3.19. The molecule has 0 unspecified atom stereocenters. The number of ether oxygens (including phenoxy) is 2. The van der Waals surface area contributed by atoms with Gasteiger partial charge in [-0.25, -0.2) is 9.87 Å². The van der Waals surface area contributed by atoms with Crippen LogP contribution in [-0.2, 0) is 11.3 Å². The van der Waals surface area contributed by atoms with E-state index in [1.54, 1.807) is 66.2 Å². The van der Waals surface area contributed by atoms with Crippen molar-refractivity contribution in [3.05, 3.63) is 94.8 Å². The van der Waals surface area contributed by atoms with Crippen molar-refractivity contribution in [2.24, 2.45) is 0 Å². The molecular weight excluding hydrogens is 415 g/mol. The first kappa shape index (κ1) is 21.1. The van der Waals surface area contributed by atoms with Gasteiger partial charge in [0.15, 0.2) is 11.5 Å². The molecule has 0 fully saturated rings. The maximum absolute atomic E-state index is 13.3. The SMILES string of the molecule is O=C(NCc1ccc(C(=O)NO)cc1)/C(=C/c1ccc(F)cc1)c1ccc2c(c1)OCO2. The number of carbonyl (C=O) groups is 2. The number of halogens is 1. The molecule has 0 aromatic heterocycles. The average Bonchev–Trinajstić information content (AvgIpc) is 3.30. The lowest BCUT2D eigenvalue weighted by Crippen LogP contribution is -2.24. The van der Waals surface area contributed by atoms with Gasteiger partial charge in [-0.15, -0.1) is 0 Å². The van der Waals surface area contributed by atoms with Crippen LogP contribution in [0.5, 0.6) is 11.5 Å². The highest BCUT2D eigenvalue weighted by molar-refractivity contribution is 6.24. The molecule has 1 aliphatic heterocycles. The lowest BCUT2D eigenvalue weighted by molar-refractivity contribution is -0.115. The fraction of sp³-hybridized carbons (Fsp3) is 0.0833. The Morgan fingerprint density at radius 1 is 0.938 bits per heavy atom. The highest BCUT2D eigenvalue weighted by atomic mass is 19.1. The topological polar surface area (TPSA) is 96.9 Å². The smallest absolute Gasteiger partial charge is 0.274 e. The van der Waals surface area contributed by atoms with Crippen molar-refractivity contribution < 1.29 is 28.7 Å². The number of benzene rings is 3. The number of fused-ring (bicyclic) bond motifs is 1. The standard InChI is InChI=1S/C24H19FN2O5/c25-19-8-3-15(4-9-19)11-20(18-7-10-21-22(12-18)32-14-31-21)24(29)26-13-16-1-5-17(6-2-16)23(28)27-30/h1-12,30H,13-14H2,(H,26,29)(H,27,28)/b20-11+. The minimum atomic E-state index is -0.618. The summed E-state index contributed by atoms with van der Waals surface area (Å²) in [5, 5.41) is 11.6. The third-order valence-corrected chi connectivity index (χ3v) is 4.88. The number of amides is 2. The summed E-state index contributed by atoms with van der Waals surface area (Å²) >= 11 is 0. The summed E-state index contributed by atoms with van der Waals surface area (Å²) in [4.78, 5) is 24.5. The predicted octanol–water partition coefficient (Wildman–Crippen LogP) is 3.53. The van der Waals surface area contributed by atoms with Gasteiger partial charge in [0, 0.05) is 17.7 Å². The maximum Gasteiger partial charge on any atom is 0.274 e. The van der Waals surface area contributed by atoms with Crippen molar-refractivity contribution in [2.45, 2.75) is 6.54 Å². The van der Waals surface area contributed by atoms with Crippen LogP contribution in [0.3, 0.4) is 0 Å². The van der Waals surface area contributed by atoms with E-state index in [1.165, 1.54) is 12.1 Å². The van der Waals surface area contributed by atoms with E-state index in [4.69, 9.17) is 14.7 Å². The lowest BCUT2D eigenvalue weighted by Gasteiger charge is -2.11. The van der Waals surface area contributed by atoms with Gasteiger partial charge in [-0.3, -0.25) is 14.8 Å². The largest absolute Gasteiger partial charge is 0.454 e. The monoisotopic (exact) mass is 434 g/mol. The van der Waals surface area contributed by atoms with E-state index in [0.29, 0.717) is 33.8 Å². The molecule has 0 saturated heterocycles. The van der Waals surface area contributed by atoms with Crippen LogP contribution < -0.4 is 20.3 Å². The van der Waals surface area contributed by atoms with E-state index in [-0.39, 0.29) is 25.1 Å². The van der Waals surface area contributed by atoms with Gasteiger partial charge in [0.2, 0.25) is 6.79 Å². The Labute approximate surface area is 183 Å². The first-order valence-corrected chi connectivity index (χ1v) is 9.72. The van der Waals surface area contributed by atoms with Crippen LogP contribution in [0.2, 0.25) is 0 Å². The van der Waals surface area contributed by atoms with Gasteiger partial charge in [0.05, 0.1) is 0 Å². The zero-order chi connectivity index (χ0) is 22.5. The second kappa shape index (κ2) is 9.32. The molecule has 3 aromatic carbocycles. The van der Waals surface area contributed by atoms with Crippen LogP contribution in [0.25, 0.3) is 11.6 Å². The molecule has 1 aliphatic rings. The fourth-order valence-electron chi connectivity index (χ4n) is 3.19. The Morgan fingerprint density at radius 3 is 2.34 bits per heavy atom. The van der Waals surface area contributed by atoms with Crippen molar-refractivity contribution in [2.75, 3.05) is 6.79 Å². The van der Waals surface area contributed by atoms with Crippen molar-refractivity contribution in [3.8, 4) is 11.5 Å². The lowest BCUT2D eigenvalue weighted by atomic mass is 10.0. The van der Waals surface area contributed by atoms with E-state index in [2.05, 4.69) is 5.32 Å². The second-order valence-corrected chi connectivity index (χ2v) is 7.00. The van der Waals surface area contributed by atoms with Crippen molar-refractivity contribution in [3.63, 3.8) is 0 Å². The van der Waals surface area contributed by atoms with Gasteiger partial charge < -0.3 is 14.8 Å². The van der Waals surface area contributed by atoms with Crippen LogP contribution in [0.15, 0.2) is 66.7 Å². The number of hydrogen-bond donors (Lipinski definition) is 3. The first-order valence-electron chi connectivity index (χ1n) is 9.72. The molecule has 0 radical (unpaired) electrons. The van der Waals surface area contributed by atoms with E-state index in [9.17, 15) is 14.0 Å². The molecule has 1 heterocycles. The molecule has 4 rings (SSSR count). The van der Waals surface area contributed by atoms with Gasteiger partial charge in [0.25, 0.3) is 11.8 Å². The minimum Gasteiger partial charge on any atom is -0.454 e. The van der Waals surface area contributed by atoms with E-state index < -0.39 is 5.91 Å². The summed E-state index contributed by atoms with van der Waals surface area (Å²) in [5.41, 5.74) is 4.27. The summed E-state index contributed by atoms with van der Waals surface area (Å²) in [6, 6.07) is 17.5. The molecule has 162 valence electrons. The maximum atomic E-state index is 13.3. The Balaban J connectivity index is 1.57.